The molecule has 0 aliphatic heterocycles. The summed E-state index contributed by atoms with van der Waals surface area (Å²) in [6, 6.07) is 88.1. The molecule has 0 aliphatic carbocycles. The molecule has 2 heterocycles. The number of hydrogen-bond donors (Lipinski definition) is 0. The molecule has 66 heavy (non-hydrogen) atoms. The van der Waals surface area contributed by atoms with Crippen LogP contribution in [0.2, 0.25) is 0 Å². The number of nitrogens with zero attached hydrogens (tertiary/aromatic N) is 2. The van der Waals surface area contributed by atoms with Crippen molar-refractivity contribution in [2.24, 2.45) is 0 Å². The molecule has 0 spiro atoms. The van der Waals surface area contributed by atoms with Gasteiger partial charge in [-0.25, -0.2) is 0 Å². The third-order valence-corrected chi connectivity index (χ3v) is 14.6. The van der Waals surface area contributed by atoms with Crippen LogP contribution in [0.15, 0.2) is 243 Å². The van der Waals surface area contributed by atoms with E-state index in [4.69, 9.17) is 0 Å². The standard InChI is InChI=1S/C62H42N2S2/c1-3-15-55(16-4-1)63(57-31-29-45-11-7-9-13-47(45)41-57)61-35-33-59(65-61)53-27-25-49-37-43(21-23-51(49)39-53)19-20-44-22-24-52-40-54(28-26-50(52)38-44)60-34-36-62(66-60)64(56-17-5-2-6-18-56)58-32-30-46-12-8-10-14-48(46)42-58/h1-42H. The zero-order valence-electron chi connectivity index (χ0n) is 36.0. The first-order valence-corrected chi connectivity index (χ1v) is 23.9. The van der Waals surface area contributed by atoms with E-state index >= 15 is 0 Å². The average molecular weight is 879 g/mol. The minimum absolute atomic E-state index is 1.14. The zero-order chi connectivity index (χ0) is 43.8. The topological polar surface area (TPSA) is 6.48 Å². The summed E-state index contributed by atoms with van der Waals surface area (Å²) >= 11 is 3.64. The number of thiophene rings is 2. The second-order valence-electron chi connectivity index (χ2n) is 16.7. The minimum Gasteiger partial charge on any atom is -0.302 e. The summed E-state index contributed by atoms with van der Waals surface area (Å²) in [6.45, 7) is 0. The van der Waals surface area contributed by atoms with Crippen LogP contribution in [0.25, 0.3) is 76.1 Å². The van der Waals surface area contributed by atoms with Gasteiger partial charge in [0.1, 0.15) is 10.0 Å². The second kappa shape index (κ2) is 17.2. The van der Waals surface area contributed by atoms with Gasteiger partial charge in [-0.1, -0.05) is 158 Å². The van der Waals surface area contributed by atoms with Crippen LogP contribution in [-0.4, -0.2) is 0 Å². The van der Waals surface area contributed by atoms with Gasteiger partial charge in [0.25, 0.3) is 0 Å². The lowest BCUT2D eigenvalue weighted by molar-refractivity contribution is 1.32. The van der Waals surface area contributed by atoms with Crippen molar-refractivity contribution >= 4 is 111 Å². The fourth-order valence-corrected chi connectivity index (χ4v) is 11.1. The van der Waals surface area contributed by atoms with E-state index in [2.05, 4.69) is 265 Å². The van der Waals surface area contributed by atoms with Gasteiger partial charge in [-0.15, -0.1) is 22.7 Å². The van der Waals surface area contributed by atoms with E-state index in [1.807, 2.05) is 22.7 Å². The molecule has 2 aromatic heterocycles. The lowest BCUT2D eigenvalue weighted by Crippen LogP contribution is -2.07. The van der Waals surface area contributed by atoms with E-state index < -0.39 is 0 Å². The Kier molecular flexibility index (Phi) is 10.3. The molecule has 0 fully saturated rings. The van der Waals surface area contributed by atoms with Gasteiger partial charge in [-0.2, -0.15) is 0 Å². The van der Waals surface area contributed by atoms with Crippen molar-refractivity contribution in [1.82, 2.24) is 0 Å². The van der Waals surface area contributed by atoms with Gasteiger partial charge in [0.05, 0.1) is 0 Å². The predicted molar refractivity (Wildman–Crippen MR) is 288 cm³/mol. The maximum atomic E-state index is 2.36. The number of fused-ring (bicyclic) bond motifs is 4. The third kappa shape index (κ3) is 7.83. The largest absolute Gasteiger partial charge is 0.302 e. The molecule has 10 aromatic carbocycles. The van der Waals surface area contributed by atoms with E-state index in [1.54, 1.807) is 0 Å². The number of benzene rings is 10. The molecule has 0 bridgehead atoms. The highest BCUT2D eigenvalue weighted by Gasteiger charge is 2.18. The van der Waals surface area contributed by atoms with Crippen LogP contribution in [0.1, 0.15) is 11.1 Å². The van der Waals surface area contributed by atoms with E-state index in [1.165, 1.54) is 85.1 Å². The number of hydrogen-bond acceptors (Lipinski definition) is 4. The summed E-state index contributed by atoms with van der Waals surface area (Å²) in [4.78, 5) is 7.21. The molecule has 12 aromatic rings. The molecule has 0 amide bonds. The summed E-state index contributed by atoms with van der Waals surface area (Å²) in [5.74, 6) is 0. The van der Waals surface area contributed by atoms with E-state index in [-0.39, 0.29) is 0 Å². The Morgan fingerprint density at radius 3 is 1.08 bits per heavy atom. The Labute approximate surface area is 392 Å². The number of rotatable bonds is 10. The molecule has 0 radical (unpaired) electrons. The van der Waals surface area contributed by atoms with Gasteiger partial charge >= 0.3 is 0 Å². The maximum absolute atomic E-state index is 2.36. The lowest BCUT2D eigenvalue weighted by atomic mass is 10.0. The van der Waals surface area contributed by atoms with Gasteiger partial charge < -0.3 is 9.80 Å². The van der Waals surface area contributed by atoms with Crippen LogP contribution in [0.3, 0.4) is 0 Å². The Hall–Kier alpha value is -8.02. The Morgan fingerprint density at radius 1 is 0.258 bits per heavy atom. The fraction of sp³-hybridized carbons (Fsp3) is 0. The molecule has 12 rings (SSSR count). The number of anilines is 6. The Morgan fingerprint density at radius 2 is 0.621 bits per heavy atom. The van der Waals surface area contributed by atoms with Crippen molar-refractivity contribution in [3.8, 4) is 20.9 Å². The first kappa shape index (κ1) is 39.6. The van der Waals surface area contributed by atoms with Crippen LogP contribution in [0, 0.1) is 0 Å². The highest BCUT2D eigenvalue weighted by atomic mass is 32.1. The molecule has 0 unspecified atom stereocenters. The van der Waals surface area contributed by atoms with Gasteiger partial charge in [-0.05, 0) is 162 Å². The van der Waals surface area contributed by atoms with Gasteiger partial charge in [0, 0.05) is 32.5 Å². The van der Waals surface area contributed by atoms with Crippen LogP contribution >= 0.6 is 22.7 Å². The molecular weight excluding hydrogens is 837 g/mol. The summed E-state index contributed by atoms with van der Waals surface area (Å²) in [5.41, 5.74) is 9.40. The zero-order valence-corrected chi connectivity index (χ0v) is 37.6. The molecular formula is C62H42N2S2. The van der Waals surface area contributed by atoms with Crippen molar-refractivity contribution < 1.29 is 0 Å². The highest BCUT2D eigenvalue weighted by molar-refractivity contribution is 7.20. The molecule has 4 heteroatoms. The van der Waals surface area contributed by atoms with Crippen molar-refractivity contribution in [3.05, 3.63) is 254 Å². The Balaban J connectivity index is 0.768. The molecule has 0 atom stereocenters. The van der Waals surface area contributed by atoms with Crippen LogP contribution in [0.4, 0.5) is 32.8 Å². The molecule has 0 saturated carbocycles. The minimum atomic E-state index is 1.14. The smallest absolute Gasteiger partial charge is 0.101 e. The van der Waals surface area contributed by atoms with Gasteiger partial charge in [-0.3, -0.25) is 0 Å². The van der Waals surface area contributed by atoms with Crippen molar-refractivity contribution in [3.63, 3.8) is 0 Å². The highest BCUT2D eigenvalue weighted by Crippen LogP contribution is 2.45. The average Bonchev–Trinajstić information content (AvgIpc) is 4.07. The SMILES string of the molecule is C(=Cc1ccc2cc(-c3ccc(N(c4ccccc4)c4ccc5ccccc5c4)s3)ccc2c1)c1ccc2cc(-c3ccc(N(c4ccccc4)c4ccc5ccccc5c4)s3)ccc2c1. The maximum Gasteiger partial charge on any atom is 0.101 e. The van der Waals surface area contributed by atoms with Crippen molar-refractivity contribution in [2.75, 3.05) is 9.80 Å². The summed E-state index contributed by atoms with van der Waals surface area (Å²) in [5, 5.41) is 12.2. The fourth-order valence-electron chi connectivity index (χ4n) is 9.03. The predicted octanol–water partition coefficient (Wildman–Crippen LogP) is 18.9. The van der Waals surface area contributed by atoms with Crippen LogP contribution in [-0.2, 0) is 0 Å². The van der Waals surface area contributed by atoms with Crippen molar-refractivity contribution in [1.29, 1.82) is 0 Å². The molecule has 0 N–H and O–H groups in total. The van der Waals surface area contributed by atoms with E-state index in [0.717, 1.165) is 22.7 Å². The normalized spacial score (nSPS) is 11.6. The first-order chi connectivity index (χ1) is 32.6. The summed E-state index contributed by atoms with van der Waals surface area (Å²) < 4.78 is 0. The summed E-state index contributed by atoms with van der Waals surface area (Å²) in [6.07, 6.45) is 4.45. The summed E-state index contributed by atoms with van der Waals surface area (Å²) in [7, 11) is 0. The molecule has 312 valence electrons. The van der Waals surface area contributed by atoms with Crippen molar-refractivity contribution in [2.45, 2.75) is 0 Å². The lowest BCUT2D eigenvalue weighted by Gasteiger charge is -2.24. The first-order valence-electron chi connectivity index (χ1n) is 22.3. The van der Waals surface area contributed by atoms with Gasteiger partial charge in [0.2, 0.25) is 0 Å². The number of para-hydroxylation sites is 2. The van der Waals surface area contributed by atoms with Crippen LogP contribution < -0.4 is 9.80 Å². The molecule has 0 saturated heterocycles. The van der Waals surface area contributed by atoms with E-state index in [0.29, 0.717) is 0 Å². The molecule has 0 aliphatic rings. The second-order valence-corrected chi connectivity index (χ2v) is 18.8. The molecule has 2 nitrogen and oxygen atoms in total. The third-order valence-electron chi connectivity index (χ3n) is 12.4. The van der Waals surface area contributed by atoms with E-state index in [9.17, 15) is 0 Å². The quantitative estimate of drug-likeness (QED) is 0.126. The Bertz CT molecular complexity index is 3490. The van der Waals surface area contributed by atoms with Gasteiger partial charge in [0.15, 0.2) is 0 Å². The van der Waals surface area contributed by atoms with Crippen LogP contribution in [0.5, 0.6) is 0 Å². The monoisotopic (exact) mass is 878 g/mol.